The van der Waals surface area contributed by atoms with E-state index in [0.29, 0.717) is 35.9 Å². The summed E-state index contributed by atoms with van der Waals surface area (Å²) in [6.07, 6.45) is 2.26. The van der Waals surface area contributed by atoms with Crippen molar-refractivity contribution in [2.24, 2.45) is 0 Å². The first-order valence-electron chi connectivity index (χ1n) is 8.30. The molecule has 132 valence electrons. The molecular weight excluding hydrogens is 320 g/mol. The molecule has 0 aliphatic carbocycles. The van der Waals surface area contributed by atoms with Gasteiger partial charge in [-0.1, -0.05) is 25.5 Å². The fraction of sp³-hybridized carbons (Fsp3) is 0.333. The van der Waals surface area contributed by atoms with Crippen molar-refractivity contribution in [2.75, 3.05) is 17.2 Å². The van der Waals surface area contributed by atoms with Crippen LogP contribution in [0.4, 0.5) is 17.3 Å². The molecule has 1 amide bonds. The highest BCUT2D eigenvalue weighted by atomic mass is 16.5. The zero-order valence-corrected chi connectivity index (χ0v) is 14.4. The molecule has 7 nitrogen and oxygen atoms in total. The van der Waals surface area contributed by atoms with Gasteiger partial charge in [-0.05, 0) is 37.6 Å². The maximum Gasteiger partial charge on any atom is 0.340 e. The number of carbonyl (C=O) groups is 2. The van der Waals surface area contributed by atoms with Crippen molar-refractivity contribution in [3.05, 3.63) is 42.0 Å². The Bertz CT molecular complexity index is 717. The third-order valence-corrected chi connectivity index (χ3v) is 3.37. The quantitative estimate of drug-likeness (QED) is 0.713. The molecule has 0 aliphatic rings. The van der Waals surface area contributed by atoms with E-state index in [9.17, 15) is 9.59 Å². The summed E-state index contributed by atoms with van der Waals surface area (Å²) in [5.74, 6) is 0.372. The van der Waals surface area contributed by atoms with Crippen molar-refractivity contribution < 1.29 is 14.3 Å². The number of hydrogen-bond donors (Lipinski definition) is 2. The van der Waals surface area contributed by atoms with Crippen molar-refractivity contribution in [2.45, 2.75) is 33.1 Å². The molecule has 25 heavy (non-hydrogen) atoms. The second-order valence-electron chi connectivity index (χ2n) is 5.35. The van der Waals surface area contributed by atoms with Crippen LogP contribution in [0.1, 0.15) is 43.5 Å². The van der Waals surface area contributed by atoms with E-state index in [-0.39, 0.29) is 5.91 Å². The Kier molecular flexibility index (Phi) is 6.88. The van der Waals surface area contributed by atoms with E-state index in [1.807, 2.05) is 6.92 Å². The van der Waals surface area contributed by atoms with Gasteiger partial charge in [0.1, 0.15) is 0 Å². The van der Waals surface area contributed by atoms with Gasteiger partial charge in [0, 0.05) is 6.42 Å². The van der Waals surface area contributed by atoms with Crippen LogP contribution >= 0.6 is 0 Å². The third-order valence-electron chi connectivity index (χ3n) is 3.37. The van der Waals surface area contributed by atoms with E-state index < -0.39 is 5.97 Å². The summed E-state index contributed by atoms with van der Waals surface area (Å²) in [6, 6.07) is 10.3. The average molecular weight is 342 g/mol. The molecule has 2 rings (SSSR count). The monoisotopic (exact) mass is 342 g/mol. The highest BCUT2D eigenvalue weighted by Gasteiger charge is 2.12. The third kappa shape index (κ3) is 5.56. The minimum Gasteiger partial charge on any atom is -0.462 e. The number of nitrogens with zero attached hydrogens (tertiary/aromatic N) is 2. The van der Waals surface area contributed by atoms with E-state index in [1.54, 1.807) is 43.3 Å². The topological polar surface area (TPSA) is 93.2 Å². The van der Waals surface area contributed by atoms with Crippen LogP contribution in [0, 0.1) is 0 Å². The largest absolute Gasteiger partial charge is 0.462 e. The number of ether oxygens (including phenoxy) is 1. The first-order valence-corrected chi connectivity index (χ1v) is 8.30. The van der Waals surface area contributed by atoms with E-state index in [1.165, 1.54) is 0 Å². The Morgan fingerprint density at radius 3 is 2.44 bits per heavy atom. The van der Waals surface area contributed by atoms with E-state index in [2.05, 4.69) is 20.8 Å². The molecule has 1 heterocycles. The number of nitrogens with one attached hydrogen (secondary N) is 2. The highest BCUT2D eigenvalue weighted by molar-refractivity contribution is 5.96. The predicted molar refractivity (Wildman–Crippen MR) is 95.9 cm³/mol. The number of hydrogen-bond acceptors (Lipinski definition) is 6. The van der Waals surface area contributed by atoms with Crippen LogP contribution in [0.25, 0.3) is 0 Å². The van der Waals surface area contributed by atoms with Crippen molar-refractivity contribution >= 4 is 29.2 Å². The van der Waals surface area contributed by atoms with Gasteiger partial charge in [-0.15, -0.1) is 10.2 Å². The van der Waals surface area contributed by atoms with Gasteiger partial charge in [0.2, 0.25) is 5.91 Å². The summed E-state index contributed by atoms with van der Waals surface area (Å²) in [5.41, 5.74) is 0.998. The van der Waals surface area contributed by atoms with Crippen LogP contribution in [-0.2, 0) is 9.53 Å². The molecule has 0 spiro atoms. The summed E-state index contributed by atoms with van der Waals surface area (Å²) in [4.78, 5) is 23.7. The van der Waals surface area contributed by atoms with Gasteiger partial charge in [0.05, 0.1) is 17.9 Å². The van der Waals surface area contributed by atoms with Crippen LogP contribution < -0.4 is 10.6 Å². The van der Waals surface area contributed by atoms with Gasteiger partial charge in [0.25, 0.3) is 0 Å². The molecule has 0 bridgehead atoms. The standard InChI is InChI=1S/C18H22N4O3/c1-3-5-10-17(23)20-16-12-11-15(21-22-16)19-14-9-7-6-8-13(14)18(24)25-4-2/h6-9,11-12H,3-5,10H2,1-2H3,(H,19,21)(H,20,22,23). The molecule has 0 fully saturated rings. The number of unbranched alkanes of at least 4 members (excludes halogenated alkanes) is 1. The molecular formula is C18H22N4O3. The minimum atomic E-state index is -0.404. The highest BCUT2D eigenvalue weighted by Crippen LogP contribution is 2.20. The number of benzene rings is 1. The Morgan fingerprint density at radius 1 is 1.04 bits per heavy atom. The summed E-state index contributed by atoms with van der Waals surface area (Å²) >= 11 is 0. The second-order valence-corrected chi connectivity index (χ2v) is 5.35. The number of aromatic nitrogens is 2. The molecule has 1 aromatic carbocycles. The SMILES string of the molecule is CCCCC(=O)Nc1ccc(Nc2ccccc2C(=O)OCC)nn1. The molecule has 2 aromatic rings. The Hall–Kier alpha value is -2.96. The average Bonchev–Trinajstić information content (AvgIpc) is 2.62. The number of para-hydroxylation sites is 1. The molecule has 2 N–H and O–H groups in total. The summed E-state index contributed by atoms with van der Waals surface area (Å²) in [5, 5.41) is 13.7. The number of carbonyl (C=O) groups excluding carboxylic acids is 2. The van der Waals surface area contributed by atoms with Crippen LogP contribution in [0.3, 0.4) is 0 Å². The molecule has 0 radical (unpaired) electrons. The van der Waals surface area contributed by atoms with Crippen LogP contribution in [0.15, 0.2) is 36.4 Å². The lowest BCUT2D eigenvalue weighted by molar-refractivity contribution is -0.116. The van der Waals surface area contributed by atoms with Gasteiger partial charge in [-0.25, -0.2) is 4.79 Å². The van der Waals surface area contributed by atoms with Gasteiger partial charge in [0.15, 0.2) is 11.6 Å². The molecule has 1 aromatic heterocycles. The Morgan fingerprint density at radius 2 is 1.76 bits per heavy atom. The van der Waals surface area contributed by atoms with Gasteiger partial charge in [-0.2, -0.15) is 0 Å². The number of esters is 1. The Labute approximate surface area is 146 Å². The van der Waals surface area contributed by atoms with Crippen molar-refractivity contribution in [3.63, 3.8) is 0 Å². The number of rotatable bonds is 8. The fourth-order valence-electron chi connectivity index (χ4n) is 2.13. The maximum atomic E-state index is 12.0. The molecule has 0 saturated carbocycles. The zero-order valence-electron chi connectivity index (χ0n) is 14.4. The van der Waals surface area contributed by atoms with Crippen molar-refractivity contribution in [1.29, 1.82) is 0 Å². The van der Waals surface area contributed by atoms with Crippen LogP contribution in [0.5, 0.6) is 0 Å². The van der Waals surface area contributed by atoms with E-state index >= 15 is 0 Å². The summed E-state index contributed by atoms with van der Waals surface area (Å²) in [7, 11) is 0. The molecule has 7 heteroatoms. The fourth-order valence-corrected chi connectivity index (χ4v) is 2.13. The van der Waals surface area contributed by atoms with Crippen LogP contribution in [-0.4, -0.2) is 28.7 Å². The molecule has 0 unspecified atom stereocenters. The first-order chi connectivity index (χ1) is 12.1. The molecule has 0 atom stereocenters. The maximum absolute atomic E-state index is 12.0. The number of anilines is 3. The molecule has 0 saturated heterocycles. The normalized spacial score (nSPS) is 10.2. The van der Waals surface area contributed by atoms with Gasteiger partial charge < -0.3 is 15.4 Å². The lowest BCUT2D eigenvalue weighted by Crippen LogP contribution is -2.13. The minimum absolute atomic E-state index is 0.0792. The van der Waals surface area contributed by atoms with Crippen molar-refractivity contribution in [3.8, 4) is 0 Å². The summed E-state index contributed by atoms with van der Waals surface area (Å²) < 4.78 is 5.04. The zero-order chi connectivity index (χ0) is 18.1. The number of amides is 1. The van der Waals surface area contributed by atoms with Gasteiger partial charge in [-0.3, -0.25) is 4.79 Å². The van der Waals surface area contributed by atoms with E-state index in [0.717, 1.165) is 12.8 Å². The van der Waals surface area contributed by atoms with Crippen LogP contribution in [0.2, 0.25) is 0 Å². The van der Waals surface area contributed by atoms with Crippen molar-refractivity contribution in [1.82, 2.24) is 10.2 Å². The summed E-state index contributed by atoms with van der Waals surface area (Å²) in [6.45, 7) is 4.09. The predicted octanol–water partition coefficient (Wildman–Crippen LogP) is 3.53. The van der Waals surface area contributed by atoms with E-state index in [4.69, 9.17) is 4.74 Å². The lowest BCUT2D eigenvalue weighted by Gasteiger charge is -2.10. The molecule has 0 aliphatic heterocycles. The smallest absolute Gasteiger partial charge is 0.340 e. The first kappa shape index (κ1) is 18.4. The second kappa shape index (κ2) is 9.36. The lowest BCUT2D eigenvalue weighted by atomic mass is 10.2. The Balaban J connectivity index is 2.04. The van der Waals surface area contributed by atoms with Gasteiger partial charge >= 0.3 is 5.97 Å².